The third-order valence-electron chi connectivity index (χ3n) is 2.76. The Kier molecular flexibility index (Phi) is 4.06. The normalized spacial score (nSPS) is 15.3. The molecule has 2 rings (SSSR count). The van der Waals surface area contributed by atoms with E-state index in [4.69, 9.17) is 18.0 Å². The van der Waals surface area contributed by atoms with Crippen molar-refractivity contribution in [2.75, 3.05) is 24.2 Å². The van der Waals surface area contributed by atoms with E-state index in [1.54, 1.807) is 4.90 Å². The summed E-state index contributed by atoms with van der Waals surface area (Å²) in [6.45, 7) is 0.248. The van der Waals surface area contributed by atoms with Gasteiger partial charge in [-0.25, -0.2) is 0 Å². The molecule has 0 saturated carbocycles. The van der Waals surface area contributed by atoms with Crippen molar-refractivity contribution in [1.29, 1.82) is 0 Å². The summed E-state index contributed by atoms with van der Waals surface area (Å²) in [6.07, 6.45) is 1.93. The van der Waals surface area contributed by atoms with Crippen molar-refractivity contribution in [2.45, 2.75) is 4.90 Å². The lowest BCUT2D eigenvalue weighted by Gasteiger charge is -2.29. The number of anilines is 1. The van der Waals surface area contributed by atoms with Crippen molar-refractivity contribution < 1.29 is 9.59 Å². The van der Waals surface area contributed by atoms with Crippen molar-refractivity contribution in [2.24, 2.45) is 5.73 Å². The fraction of sp³-hybridized carbons (Fsp3) is 0.250. The second kappa shape index (κ2) is 5.58. The summed E-state index contributed by atoms with van der Waals surface area (Å²) >= 11 is 6.61. The van der Waals surface area contributed by atoms with E-state index in [1.165, 1.54) is 11.8 Å². The average Bonchev–Trinajstić information content (AvgIpc) is 2.36. The summed E-state index contributed by atoms with van der Waals surface area (Å²) in [5.41, 5.74) is 7.21. The van der Waals surface area contributed by atoms with Crippen molar-refractivity contribution in [3.63, 3.8) is 0 Å². The van der Waals surface area contributed by atoms with Crippen LogP contribution in [0.2, 0.25) is 0 Å². The van der Waals surface area contributed by atoms with Gasteiger partial charge in [0.05, 0.1) is 13.1 Å². The Morgan fingerprint density at radius 2 is 2.00 bits per heavy atom. The smallest absolute Gasteiger partial charge is 0.246 e. The predicted molar refractivity (Wildman–Crippen MR) is 79.5 cm³/mol. The first-order valence-electron chi connectivity index (χ1n) is 5.57. The summed E-state index contributed by atoms with van der Waals surface area (Å²) in [7, 11) is 0. The van der Waals surface area contributed by atoms with Gasteiger partial charge in [-0.15, -0.1) is 11.8 Å². The summed E-state index contributed by atoms with van der Waals surface area (Å²) in [4.78, 5) is 25.8. The van der Waals surface area contributed by atoms with Gasteiger partial charge in [0, 0.05) is 16.1 Å². The van der Waals surface area contributed by atoms with Crippen LogP contribution in [0.1, 0.15) is 5.56 Å². The van der Waals surface area contributed by atoms with Crippen LogP contribution < -0.4 is 16.0 Å². The van der Waals surface area contributed by atoms with Gasteiger partial charge < -0.3 is 10.6 Å². The van der Waals surface area contributed by atoms with Gasteiger partial charge in [0.15, 0.2) is 0 Å². The average molecular weight is 295 g/mol. The Bertz CT molecular complexity index is 544. The fourth-order valence-electron chi connectivity index (χ4n) is 2.01. The number of carbonyl (C=O) groups is 2. The highest BCUT2D eigenvalue weighted by molar-refractivity contribution is 7.98. The maximum absolute atomic E-state index is 11.4. The third kappa shape index (κ3) is 2.87. The topological polar surface area (TPSA) is 75.4 Å². The van der Waals surface area contributed by atoms with Crippen molar-refractivity contribution in [1.82, 2.24) is 5.32 Å². The molecule has 1 fully saturated rings. The molecule has 3 N–H and O–H groups in total. The number of thioether (sulfide) groups is 1. The first kappa shape index (κ1) is 13.8. The number of amides is 2. The Morgan fingerprint density at radius 1 is 1.37 bits per heavy atom. The summed E-state index contributed by atoms with van der Waals surface area (Å²) in [5.74, 6) is -0.639. The fourth-order valence-corrected chi connectivity index (χ4v) is 2.92. The molecule has 2 amide bonds. The van der Waals surface area contributed by atoms with Crippen molar-refractivity contribution in [3.05, 3.63) is 23.8 Å². The number of nitrogens with two attached hydrogens (primary N) is 1. The van der Waals surface area contributed by atoms with Crippen LogP contribution in [-0.2, 0) is 9.59 Å². The molecule has 1 aliphatic rings. The summed E-state index contributed by atoms with van der Waals surface area (Å²) < 4.78 is 0. The van der Waals surface area contributed by atoms with Crippen LogP contribution in [-0.4, -0.2) is 36.1 Å². The van der Waals surface area contributed by atoms with Gasteiger partial charge in [-0.05, 0) is 18.4 Å². The molecule has 0 radical (unpaired) electrons. The van der Waals surface area contributed by atoms with E-state index < -0.39 is 0 Å². The molecular formula is C12H13N3O2S2. The molecule has 0 bridgehead atoms. The quantitative estimate of drug-likeness (QED) is 0.481. The number of benzene rings is 1. The van der Waals surface area contributed by atoms with Gasteiger partial charge in [-0.3, -0.25) is 14.9 Å². The van der Waals surface area contributed by atoms with Gasteiger partial charge in [0.25, 0.3) is 0 Å². The van der Waals surface area contributed by atoms with E-state index in [9.17, 15) is 9.59 Å². The number of hydrogen-bond acceptors (Lipinski definition) is 5. The van der Waals surface area contributed by atoms with Gasteiger partial charge in [0.2, 0.25) is 11.8 Å². The lowest BCUT2D eigenvalue weighted by molar-refractivity contribution is -0.130. The molecule has 7 heteroatoms. The van der Waals surface area contributed by atoms with E-state index >= 15 is 0 Å². The SMILES string of the molecule is CSc1cccc(N2CC(=O)NC(=O)C2)c1C(N)=S. The second-order valence-corrected chi connectivity index (χ2v) is 5.33. The van der Waals surface area contributed by atoms with Crippen LogP contribution in [0.15, 0.2) is 23.1 Å². The van der Waals surface area contributed by atoms with Crippen LogP contribution in [0.25, 0.3) is 0 Å². The molecule has 19 heavy (non-hydrogen) atoms. The molecule has 5 nitrogen and oxygen atoms in total. The molecule has 1 aromatic rings. The molecular weight excluding hydrogens is 282 g/mol. The minimum absolute atomic E-state index is 0.124. The number of hydrogen-bond donors (Lipinski definition) is 2. The molecule has 1 saturated heterocycles. The molecule has 100 valence electrons. The maximum Gasteiger partial charge on any atom is 0.246 e. The number of piperazine rings is 1. The van der Waals surface area contributed by atoms with E-state index in [2.05, 4.69) is 5.32 Å². The van der Waals surface area contributed by atoms with Gasteiger partial charge in [-0.1, -0.05) is 18.3 Å². The van der Waals surface area contributed by atoms with Gasteiger partial charge in [-0.2, -0.15) is 0 Å². The standard InChI is InChI=1S/C12H13N3O2S2/c1-19-8-4-2-3-7(11(8)12(13)18)15-5-9(16)14-10(17)6-15/h2-4H,5-6H2,1H3,(H2,13,18)(H,14,16,17). The number of rotatable bonds is 3. The van der Waals surface area contributed by atoms with Crippen LogP contribution in [0, 0.1) is 0 Å². The number of imide groups is 1. The number of carbonyl (C=O) groups excluding carboxylic acids is 2. The van der Waals surface area contributed by atoms with E-state index in [0.717, 1.165) is 10.6 Å². The molecule has 1 heterocycles. The molecule has 0 unspecified atom stereocenters. The van der Waals surface area contributed by atoms with E-state index in [-0.39, 0.29) is 29.9 Å². The highest BCUT2D eigenvalue weighted by Gasteiger charge is 2.25. The zero-order chi connectivity index (χ0) is 14.0. The lowest BCUT2D eigenvalue weighted by Crippen LogP contribution is -2.52. The molecule has 1 aliphatic heterocycles. The molecule has 0 spiro atoms. The zero-order valence-electron chi connectivity index (χ0n) is 10.3. The number of nitrogens with zero attached hydrogens (tertiary/aromatic N) is 1. The maximum atomic E-state index is 11.4. The van der Waals surface area contributed by atoms with E-state index in [0.29, 0.717) is 5.56 Å². The Hall–Kier alpha value is -1.60. The highest BCUT2D eigenvalue weighted by Crippen LogP contribution is 2.30. The summed E-state index contributed by atoms with van der Waals surface area (Å²) in [5, 5.41) is 2.27. The number of nitrogens with one attached hydrogen (secondary N) is 1. The first-order valence-corrected chi connectivity index (χ1v) is 7.20. The van der Waals surface area contributed by atoms with Crippen LogP contribution in [0.4, 0.5) is 5.69 Å². The van der Waals surface area contributed by atoms with Crippen molar-refractivity contribution >= 4 is 46.5 Å². The molecule has 1 aromatic carbocycles. The summed E-state index contributed by atoms with van der Waals surface area (Å²) in [6, 6.07) is 5.59. The third-order valence-corrected chi connectivity index (χ3v) is 3.74. The minimum Gasteiger partial charge on any atom is -0.389 e. The minimum atomic E-state index is -0.320. The Balaban J connectivity index is 2.46. The lowest BCUT2D eigenvalue weighted by atomic mass is 10.1. The second-order valence-electron chi connectivity index (χ2n) is 4.05. The predicted octanol–water partition coefficient (Wildman–Crippen LogP) is 0.506. The van der Waals surface area contributed by atoms with Crippen LogP contribution in [0.5, 0.6) is 0 Å². The van der Waals surface area contributed by atoms with Gasteiger partial charge in [0.1, 0.15) is 4.99 Å². The zero-order valence-corrected chi connectivity index (χ0v) is 11.9. The van der Waals surface area contributed by atoms with Crippen LogP contribution >= 0.6 is 24.0 Å². The Labute approximate surface area is 120 Å². The number of thiocarbonyl (C=S) groups is 1. The Morgan fingerprint density at radius 3 is 2.53 bits per heavy atom. The molecule has 0 aromatic heterocycles. The van der Waals surface area contributed by atoms with Crippen molar-refractivity contribution in [3.8, 4) is 0 Å². The highest BCUT2D eigenvalue weighted by atomic mass is 32.2. The molecule has 0 aliphatic carbocycles. The van der Waals surface area contributed by atoms with E-state index in [1.807, 2.05) is 24.5 Å². The monoisotopic (exact) mass is 295 g/mol. The first-order chi connectivity index (χ1) is 9.02. The largest absolute Gasteiger partial charge is 0.389 e. The molecule has 0 atom stereocenters. The van der Waals surface area contributed by atoms with Gasteiger partial charge >= 0.3 is 0 Å². The van der Waals surface area contributed by atoms with Crippen LogP contribution in [0.3, 0.4) is 0 Å².